The van der Waals surface area contributed by atoms with Gasteiger partial charge in [0.15, 0.2) is 6.19 Å². The number of hydrogen-bond acceptors (Lipinski definition) is 6. The summed E-state index contributed by atoms with van der Waals surface area (Å²) in [4.78, 5) is 14.3. The molecule has 0 radical (unpaired) electrons. The smallest absolute Gasteiger partial charge is 0.182 e. The Morgan fingerprint density at radius 2 is 2.00 bits per heavy atom. The van der Waals surface area contributed by atoms with Crippen molar-refractivity contribution >= 4 is 17.3 Å². The molecular weight excluding hydrogens is 228 g/mol. The number of rotatable bonds is 3. The molecular formula is C12H12N6. The third-order valence-electron chi connectivity index (χ3n) is 2.40. The highest BCUT2D eigenvalue weighted by molar-refractivity contribution is 5.61. The lowest BCUT2D eigenvalue weighted by atomic mass is 10.3. The number of pyridine rings is 1. The van der Waals surface area contributed by atoms with Gasteiger partial charge in [0.05, 0.1) is 0 Å². The first-order valence-corrected chi connectivity index (χ1v) is 5.35. The summed E-state index contributed by atoms with van der Waals surface area (Å²) in [5.74, 6) is 1.80. The van der Waals surface area contributed by atoms with Crippen LogP contribution in [0.4, 0.5) is 17.3 Å². The van der Waals surface area contributed by atoms with Crippen molar-refractivity contribution in [3.8, 4) is 6.19 Å². The van der Waals surface area contributed by atoms with E-state index in [-0.39, 0.29) is 0 Å². The van der Waals surface area contributed by atoms with Crippen LogP contribution in [0, 0.1) is 18.4 Å². The number of nitrogens with zero attached hydrogens (tertiary/aromatic N) is 5. The number of aromatic nitrogens is 3. The molecule has 0 aromatic carbocycles. The standard InChI is InChI=1S/C12H12N6/c1-9-16-11(15-8-13)7-12(17-9)18(2)10-3-5-14-6-4-10/h3-7H,1-2H3,(H,15,16,17). The van der Waals surface area contributed by atoms with E-state index in [0.29, 0.717) is 17.5 Å². The minimum absolute atomic E-state index is 0.487. The molecule has 1 N–H and O–H groups in total. The maximum absolute atomic E-state index is 8.61. The van der Waals surface area contributed by atoms with Gasteiger partial charge in [0.2, 0.25) is 0 Å². The van der Waals surface area contributed by atoms with E-state index in [4.69, 9.17) is 5.26 Å². The summed E-state index contributed by atoms with van der Waals surface area (Å²) in [6, 6.07) is 5.49. The summed E-state index contributed by atoms with van der Waals surface area (Å²) < 4.78 is 0. The number of hydrogen-bond donors (Lipinski definition) is 1. The maximum atomic E-state index is 8.61. The molecule has 2 heterocycles. The molecule has 0 saturated heterocycles. The van der Waals surface area contributed by atoms with Crippen molar-refractivity contribution in [1.82, 2.24) is 15.0 Å². The monoisotopic (exact) mass is 240 g/mol. The van der Waals surface area contributed by atoms with E-state index in [0.717, 1.165) is 5.69 Å². The lowest BCUT2D eigenvalue weighted by Crippen LogP contribution is -2.12. The molecule has 90 valence electrons. The zero-order valence-corrected chi connectivity index (χ0v) is 10.1. The van der Waals surface area contributed by atoms with Crippen LogP contribution < -0.4 is 10.2 Å². The average molecular weight is 240 g/mol. The van der Waals surface area contributed by atoms with Crippen LogP contribution in [0.1, 0.15) is 5.82 Å². The second-order valence-electron chi connectivity index (χ2n) is 3.66. The molecule has 0 amide bonds. The van der Waals surface area contributed by atoms with Gasteiger partial charge >= 0.3 is 0 Å². The summed E-state index contributed by atoms with van der Waals surface area (Å²) in [5.41, 5.74) is 0.964. The zero-order valence-electron chi connectivity index (χ0n) is 10.1. The van der Waals surface area contributed by atoms with Gasteiger partial charge in [-0.05, 0) is 19.1 Å². The Balaban J connectivity index is 2.36. The fraction of sp³-hybridized carbons (Fsp3) is 0.167. The fourth-order valence-electron chi connectivity index (χ4n) is 1.54. The quantitative estimate of drug-likeness (QED) is 0.651. The Bertz CT molecular complexity index is 575. The lowest BCUT2D eigenvalue weighted by molar-refractivity contribution is 1.01. The molecule has 0 unspecified atom stereocenters. The largest absolute Gasteiger partial charge is 0.329 e. The molecule has 0 atom stereocenters. The van der Waals surface area contributed by atoms with Crippen LogP contribution in [-0.2, 0) is 0 Å². The molecule has 0 aliphatic carbocycles. The van der Waals surface area contributed by atoms with Crippen molar-refractivity contribution in [1.29, 1.82) is 5.26 Å². The maximum Gasteiger partial charge on any atom is 0.182 e. The molecule has 2 aromatic heterocycles. The summed E-state index contributed by atoms with van der Waals surface area (Å²) in [6.07, 6.45) is 5.28. The summed E-state index contributed by atoms with van der Waals surface area (Å²) in [5, 5.41) is 11.1. The molecule has 6 heteroatoms. The van der Waals surface area contributed by atoms with E-state index >= 15 is 0 Å². The number of aryl methyl sites for hydroxylation is 1. The molecule has 0 spiro atoms. The van der Waals surface area contributed by atoms with Crippen molar-refractivity contribution in [2.45, 2.75) is 6.92 Å². The van der Waals surface area contributed by atoms with Crippen LogP contribution in [0.5, 0.6) is 0 Å². The Hall–Kier alpha value is -2.68. The van der Waals surface area contributed by atoms with Crippen LogP contribution in [0.2, 0.25) is 0 Å². The molecule has 0 bridgehead atoms. The number of nitriles is 1. The third kappa shape index (κ3) is 2.52. The molecule has 18 heavy (non-hydrogen) atoms. The van der Waals surface area contributed by atoms with Gasteiger partial charge in [-0.1, -0.05) is 0 Å². The van der Waals surface area contributed by atoms with Crippen LogP contribution >= 0.6 is 0 Å². The van der Waals surface area contributed by atoms with Gasteiger partial charge in [-0.3, -0.25) is 10.3 Å². The zero-order chi connectivity index (χ0) is 13.0. The lowest BCUT2D eigenvalue weighted by Gasteiger charge is -2.18. The number of anilines is 3. The first-order valence-electron chi connectivity index (χ1n) is 5.35. The highest BCUT2D eigenvalue weighted by Gasteiger charge is 2.08. The second-order valence-corrected chi connectivity index (χ2v) is 3.66. The van der Waals surface area contributed by atoms with E-state index in [1.165, 1.54) is 0 Å². The van der Waals surface area contributed by atoms with Crippen molar-refractivity contribution < 1.29 is 0 Å². The molecule has 0 saturated carbocycles. The van der Waals surface area contributed by atoms with Crippen molar-refractivity contribution in [2.24, 2.45) is 0 Å². The fourth-order valence-corrected chi connectivity index (χ4v) is 1.54. The highest BCUT2D eigenvalue weighted by atomic mass is 15.2. The number of nitrogens with one attached hydrogen (secondary N) is 1. The van der Waals surface area contributed by atoms with E-state index in [1.54, 1.807) is 25.4 Å². The summed E-state index contributed by atoms with van der Waals surface area (Å²) in [6.45, 7) is 1.78. The van der Waals surface area contributed by atoms with E-state index in [1.807, 2.05) is 30.3 Å². The van der Waals surface area contributed by atoms with Crippen LogP contribution in [0.3, 0.4) is 0 Å². The van der Waals surface area contributed by atoms with Gasteiger partial charge in [-0.25, -0.2) is 9.97 Å². The molecule has 6 nitrogen and oxygen atoms in total. The molecule has 0 aliphatic heterocycles. The van der Waals surface area contributed by atoms with E-state index in [9.17, 15) is 0 Å². The first-order chi connectivity index (χ1) is 8.70. The van der Waals surface area contributed by atoms with Gasteiger partial charge < -0.3 is 4.90 Å². The van der Waals surface area contributed by atoms with Gasteiger partial charge in [0.1, 0.15) is 17.5 Å². The van der Waals surface area contributed by atoms with Gasteiger partial charge in [-0.15, -0.1) is 0 Å². The highest BCUT2D eigenvalue weighted by Crippen LogP contribution is 2.22. The average Bonchev–Trinajstić information content (AvgIpc) is 2.38. The van der Waals surface area contributed by atoms with E-state index < -0.39 is 0 Å². The Morgan fingerprint density at radius 3 is 2.67 bits per heavy atom. The SMILES string of the molecule is Cc1nc(NC#N)cc(N(C)c2ccncc2)n1. The van der Waals surface area contributed by atoms with Crippen molar-refractivity contribution in [3.63, 3.8) is 0 Å². The molecule has 2 rings (SSSR count). The predicted octanol–water partition coefficient (Wildman–Crippen LogP) is 1.84. The topological polar surface area (TPSA) is 77.7 Å². The third-order valence-corrected chi connectivity index (χ3v) is 2.40. The van der Waals surface area contributed by atoms with Crippen molar-refractivity contribution in [2.75, 3.05) is 17.3 Å². The normalized spacial score (nSPS) is 9.61. The first kappa shape index (κ1) is 11.8. The Labute approximate surface area is 105 Å². The van der Waals surface area contributed by atoms with Crippen LogP contribution in [0.15, 0.2) is 30.6 Å². The molecule has 0 aliphatic rings. The van der Waals surface area contributed by atoms with Crippen molar-refractivity contribution in [3.05, 3.63) is 36.4 Å². The van der Waals surface area contributed by atoms with Gasteiger partial charge in [0.25, 0.3) is 0 Å². The van der Waals surface area contributed by atoms with Gasteiger partial charge in [-0.2, -0.15) is 5.26 Å². The summed E-state index contributed by atoms with van der Waals surface area (Å²) in [7, 11) is 1.90. The van der Waals surface area contributed by atoms with Crippen LogP contribution in [-0.4, -0.2) is 22.0 Å². The molecule has 2 aromatic rings. The predicted molar refractivity (Wildman–Crippen MR) is 68.3 cm³/mol. The Kier molecular flexibility index (Phi) is 3.34. The van der Waals surface area contributed by atoms with Crippen LogP contribution in [0.25, 0.3) is 0 Å². The van der Waals surface area contributed by atoms with Gasteiger partial charge in [0, 0.05) is 31.2 Å². The minimum atomic E-state index is 0.487. The second kappa shape index (κ2) is 5.10. The van der Waals surface area contributed by atoms with E-state index in [2.05, 4.69) is 20.3 Å². The molecule has 0 fully saturated rings. The summed E-state index contributed by atoms with van der Waals surface area (Å²) >= 11 is 0. The minimum Gasteiger partial charge on any atom is -0.329 e. The Morgan fingerprint density at radius 1 is 1.28 bits per heavy atom.